The molecule has 0 saturated carbocycles. The van der Waals surface area contributed by atoms with E-state index in [1.807, 2.05) is 41.5 Å². The maximum Gasteiger partial charge on any atom is -1.00 e. The molecule has 2 heterocycles. The molecule has 0 saturated heterocycles. The fourth-order valence-corrected chi connectivity index (χ4v) is 9.32. The van der Waals surface area contributed by atoms with E-state index in [0.717, 1.165) is 0 Å². The number of nitrogens with one attached hydrogen (secondary N) is 2. The van der Waals surface area contributed by atoms with E-state index in [0.29, 0.717) is 70.9 Å². The molecule has 0 spiro atoms. The van der Waals surface area contributed by atoms with Crippen LogP contribution in [0.15, 0.2) is 118 Å². The van der Waals surface area contributed by atoms with Crippen molar-refractivity contribution in [2.24, 2.45) is 31.3 Å². The monoisotopic (exact) mass is 1100 g/mol. The van der Waals surface area contributed by atoms with E-state index in [-0.39, 0.29) is 94.5 Å². The number of hydrogen-bond donors (Lipinski definition) is 2. The number of halogens is 8. The van der Waals surface area contributed by atoms with Crippen molar-refractivity contribution in [3.05, 3.63) is 131 Å². The van der Waals surface area contributed by atoms with Crippen molar-refractivity contribution in [2.75, 3.05) is 0 Å². The first kappa shape index (κ1) is 58.2. The van der Waals surface area contributed by atoms with E-state index in [4.69, 9.17) is 32.7 Å². The number of rotatable bonds is 12. The largest absolute Gasteiger partial charge is 1.00 e. The van der Waals surface area contributed by atoms with E-state index in [1.54, 1.807) is 36.4 Å². The summed E-state index contributed by atoms with van der Waals surface area (Å²) < 4.78 is 35.5. The van der Waals surface area contributed by atoms with Gasteiger partial charge < -0.3 is 49.6 Å². The molecule has 6 rings (SSSR count). The Bertz CT molecular complexity index is 2320. The Labute approximate surface area is 422 Å². The number of aromatic nitrogens is 6. The van der Waals surface area contributed by atoms with Crippen molar-refractivity contribution in [3.63, 3.8) is 0 Å². The zero-order chi connectivity index (χ0) is 43.9. The van der Waals surface area contributed by atoms with Crippen molar-refractivity contribution in [1.82, 2.24) is 30.4 Å². The predicted molar refractivity (Wildman–Crippen MR) is 210 cm³/mol. The normalized spacial score (nSPS) is 13.1. The molecular formula is C40H36Cl6F2N10O4Zn2. The zero-order valence-corrected chi connectivity index (χ0v) is 45.4. The van der Waals surface area contributed by atoms with Crippen molar-refractivity contribution in [1.29, 1.82) is 0 Å². The van der Waals surface area contributed by atoms with Gasteiger partial charge >= 0.3 is 367 Å². The third-order valence-electron chi connectivity index (χ3n) is 8.26. The average Bonchev–Trinajstić information content (AvgIpc) is 3.95. The Balaban J connectivity index is 0.000000602. The third kappa shape index (κ3) is 15.1. The molecule has 64 heavy (non-hydrogen) atoms. The summed E-state index contributed by atoms with van der Waals surface area (Å²) >= 11 is 13.7. The van der Waals surface area contributed by atoms with Crippen LogP contribution in [0, 0.1) is 22.5 Å². The fourth-order valence-electron chi connectivity index (χ4n) is 5.30. The summed E-state index contributed by atoms with van der Waals surface area (Å²) in [5.74, 6) is 0.160. The van der Waals surface area contributed by atoms with Crippen LogP contribution in [-0.2, 0) is 54.6 Å². The minimum absolute atomic E-state index is 0. The SMILES string of the molecule is CC(C)(C)C(=O)[C]([Zn+2])(Oc1ccc(N=Nc2ccc(F)cc2)cc1Cl)c1nc[nH]n1.CC(C)(C)C(=O)[C]([Zn+2])(Oc1ccc(N=Nc2ccc(F)cc2)cc1Cl)c1nc[nH]n1.[Cl-].[Cl-].[Cl-].[Cl-]. The van der Waals surface area contributed by atoms with E-state index < -0.39 is 19.2 Å². The second-order valence-corrected chi connectivity index (χ2v) is 20.2. The van der Waals surface area contributed by atoms with Crippen molar-refractivity contribution in [3.8, 4) is 11.5 Å². The van der Waals surface area contributed by atoms with Gasteiger partial charge in [-0.15, -0.1) is 0 Å². The Hall–Kier alpha value is -3.85. The van der Waals surface area contributed by atoms with E-state index in [9.17, 15) is 18.4 Å². The molecule has 0 bridgehead atoms. The summed E-state index contributed by atoms with van der Waals surface area (Å²) in [4.78, 5) is 34.6. The molecular weight excluding hydrogens is 1070 g/mol. The molecule has 0 fully saturated rings. The van der Waals surface area contributed by atoms with E-state index in [2.05, 4.69) is 50.8 Å². The van der Waals surface area contributed by atoms with Crippen LogP contribution in [0.2, 0.25) is 10.0 Å². The standard InChI is InChI=1S/2C20H18ClFN5O2.4ClH.2Zn/c2*1-20(2,3)18(28)17(19-23-11-24-27-19)29-16-9-8-14(10-15(16)21)26-25-13-6-4-12(22)5-7-13;;;;;;/h2*4-11H,1-3H3,(H,23,24,27);4*1H;;/q;;;;;;2*+2/p-4. The number of ketones is 2. The molecule has 0 aliphatic heterocycles. The third-order valence-corrected chi connectivity index (χ3v) is 12.1. The number of benzene rings is 4. The fraction of sp³-hybridized carbons (Fsp3) is 0.250. The van der Waals surface area contributed by atoms with Gasteiger partial charge in [0.25, 0.3) is 0 Å². The van der Waals surface area contributed by atoms with E-state index >= 15 is 0 Å². The van der Waals surface area contributed by atoms with Gasteiger partial charge in [-0.1, -0.05) is 0 Å². The van der Waals surface area contributed by atoms with Gasteiger partial charge in [0, 0.05) is 0 Å². The molecule has 0 aliphatic carbocycles. The number of carbonyl (C=O) groups excluding carboxylic acids is 2. The quantitative estimate of drug-likeness (QED) is 0.114. The first-order valence-corrected chi connectivity index (χ1v) is 21.8. The number of nitrogens with zero attached hydrogens (tertiary/aromatic N) is 8. The van der Waals surface area contributed by atoms with Gasteiger partial charge in [0.05, 0.1) is 0 Å². The molecule has 2 aromatic heterocycles. The average molecular weight is 1100 g/mol. The van der Waals surface area contributed by atoms with Gasteiger partial charge in [-0.2, -0.15) is 0 Å². The Morgan fingerprint density at radius 2 is 0.844 bits per heavy atom. The van der Waals surface area contributed by atoms with Gasteiger partial charge in [0.1, 0.15) is 0 Å². The molecule has 2 N–H and O–H groups in total. The van der Waals surface area contributed by atoms with E-state index in [1.165, 1.54) is 61.2 Å². The van der Waals surface area contributed by atoms with Crippen LogP contribution in [-0.4, -0.2) is 41.9 Å². The molecule has 4 aromatic carbocycles. The summed E-state index contributed by atoms with van der Waals surface area (Å²) in [5.41, 5.74) is 0.630. The minimum Gasteiger partial charge on any atom is -1.00 e. The Morgan fingerprint density at radius 3 is 1.11 bits per heavy atom. The van der Waals surface area contributed by atoms with Crippen molar-refractivity contribution in [2.45, 2.75) is 49.9 Å². The number of Topliss-reactive ketones (excluding diaryl/α,β-unsaturated/α-hetero) is 2. The maximum absolute atomic E-state index is 13.2. The smallest absolute Gasteiger partial charge is 1.00 e. The number of azo groups is 2. The second-order valence-electron chi connectivity index (χ2n) is 15.2. The van der Waals surface area contributed by atoms with Gasteiger partial charge in [0.2, 0.25) is 0 Å². The first-order valence-electron chi connectivity index (χ1n) is 18.0. The molecule has 330 valence electrons. The molecule has 24 heteroatoms. The molecule has 0 amide bonds. The van der Waals surface area contributed by atoms with Gasteiger partial charge in [-0.25, -0.2) is 8.78 Å². The Morgan fingerprint density at radius 1 is 0.547 bits per heavy atom. The van der Waals surface area contributed by atoms with Gasteiger partial charge in [-0.05, 0) is 0 Å². The molecule has 0 radical (unpaired) electrons. The Kier molecular flexibility index (Phi) is 22.4. The van der Waals surface area contributed by atoms with Crippen molar-refractivity contribution < 1.29 is 114 Å². The number of ether oxygens (including phenoxy) is 2. The summed E-state index contributed by atoms with van der Waals surface area (Å²) in [5, 5.41) is 30.3. The van der Waals surface area contributed by atoms with Gasteiger partial charge in [0.15, 0.2) is 0 Å². The van der Waals surface area contributed by atoms with Crippen LogP contribution < -0.4 is 59.1 Å². The number of carbonyl (C=O) groups is 2. The zero-order valence-electron chi connectivity index (χ0n) is 34.9. The number of aromatic amines is 2. The van der Waals surface area contributed by atoms with Crippen molar-refractivity contribution >= 4 is 57.5 Å². The molecule has 6 aromatic rings. The second kappa shape index (κ2) is 24.6. The van der Waals surface area contributed by atoms with Crippen LogP contribution in [0.25, 0.3) is 0 Å². The summed E-state index contributed by atoms with van der Waals surface area (Å²) in [6.45, 7) is 10.9. The minimum atomic E-state index is -1.32. The summed E-state index contributed by atoms with van der Waals surface area (Å²) in [7, 11) is 0. The molecule has 2 unspecified atom stereocenters. The summed E-state index contributed by atoms with van der Waals surface area (Å²) in [6, 6.07) is 21.0. The van der Waals surface area contributed by atoms with Crippen LogP contribution >= 0.6 is 23.2 Å². The van der Waals surface area contributed by atoms with Crippen LogP contribution in [0.4, 0.5) is 31.5 Å². The van der Waals surface area contributed by atoms with Crippen LogP contribution in [0.3, 0.4) is 0 Å². The molecule has 2 atom stereocenters. The first-order chi connectivity index (χ1) is 28.2. The maximum atomic E-state index is 13.2. The molecule has 14 nitrogen and oxygen atoms in total. The molecule has 0 aliphatic rings. The van der Waals surface area contributed by atoms with Crippen LogP contribution in [0.1, 0.15) is 53.2 Å². The van der Waals surface area contributed by atoms with Gasteiger partial charge in [-0.3, -0.25) is 0 Å². The topological polar surface area (TPSA) is 185 Å². The van der Waals surface area contributed by atoms with Crippen LogP contribution in [0.5, 0.6) is 11.5 Å². The number of hydrogen-bond acceptors (Lipinski definition) is 12. The number of H-pyrrole nitrogens is 2. The predicted octanol–water partition coefficient (Wildman–Crippen LogP) is -1.17. The summed E-state index contributed by atoms with van der Waals surface area (Å²) in [6.07, 6.45) is 2.80.